The molecule has 38 heavy (non-hydrogen) atoms. The Hall–Kier alpha value is -1.44. The zero-order chi connectivity index (χ0) is 26.9. The summed E-state index contributed by atoms with van der Waals surface area (Å²) in [5, 5.41) is 0. The lowest BCUT2D eigenvalue weighted by Gasteiger charge is -2.33. The van der Waals surface area contributed by atoms with E-state index >= 15 is 0 Å². The smallest absolute Gasteiger partial charge is 0.101 e. The third kappa shape index (κ3) is 15.8. The molecule has 1 aliphatic rings. The molecular weight excluding hydrogens is 460 g/mol. The maximum Gasteiger partial charge on any atom is 0.101 e. The molecular formula is C36H64N2. The molecule has 0 saturated heterocycles. The maximum atomic E-state index is 2.66. The second-order valence-electron chi connectivity index (χ2n) is 12.0. The van der Waals surface area contributed by atoms with Crippen molar-refractivity contribution in [2.45, 2.75) is 174 Å². The molecule has 0 aliphatic carbocycles. The highest BCUT2D eigenvalue weighted by Crippen LogP contribution is 2.25. The van der Waals surface area contributed by atoms with Gasteiger partial charge in [0.05, 0.1) is 0 Å². The van der Waals surface area contributed by atoms with Crippen LogP contribution < -0.4 is 0 Å². The van der Waals surface area contributed by atoms with E-state index in [9.17, 15) is 0 Å². The molecule has 0 aromatic heterocycles. The van der Waals surface area contributed by atoms with Crippen molar-refractivity contribution in [3.8, 4) is 0 Å². The topological polar surface area (TPSA) is 6.48 Å². The predicted octanol–water partition coefficient (Wildman–Crippen LogP) is 11.6. The Morgan fingerprint density at radius 2 is 0.895 bits per heavy atom. The molecule has 0 amide bonds. The van der Waals surface area contributed by atoms with Crippen LogP contribution in [0.2, 0.25) is 0 Å². The van der Waals surface area contributed by atoms with Crippen LogP contribution in [-0.2, 0) is 6.54 Å². The number of unbranched alkanes of at least 4 members (excludes halogenated alkanes) is 20. The minimum absolute atomic E-state index is 0.553. The van der Waals surface area contributed by atoms with Crippen LogP contribution in [-0.4, -0.2) is 22.5 Å². The summed E-state index contributed by atoms with van der Waals surface area (Å²) < 4.78 is 0. The summed E-state index contributed by atoms with van der Waals surface area (Å²) >= 11 is 0. The first-order valence-electron chi connectivity index (χ1n) is 17.1. The molecule has 0 fully saturated rings. The SMILES string of the molecule is CCCCCCCCCCCCCCCCN1C=CN(Cc2ccccc2)C1CCCCCCCCCC. The second-order valence-corrected chi connectivity index (χ2v) is 12.0. The minimum Gasteiger partial charge on any atom is -0.356 e. The third-order valence-corrected chi connectivity index (χ3v) is 8.51. The van der Waals surface area contributed by atoms with Crippen molar-refractivity contribution in [3.05, 3.63) is 48.3 Å². The van der Waals surface area contributed by atoms with Gasteiger partial charge in [-0.25, -0.2) is 0 Å². The van der Waals surface area contributed by atoms with Crippen LogP contribution in [0.15, 0.2) is 42.7 Å². The lowest BCUT2D eigenvalue weighted by atomic mass is 10.0. The van der Waals surface area contributed by atoms with Crippen LogP contribution in [0, 0.1) is 0 Å². The Morgan fingerprint density at radius 1 is 0.474 bits per heavy atom. The van der Waals surface area contributed by atoms with Gasteiger partial charge in [-0.15, -0.1) is 0 Å². The van der Waals surface area contributed by atoms with Gasteiger partial charge in [0.2, 0.25) is 0 Å². The summed E-state index contributed by atoms with van der Waals surface area (Å²) in [4.78, 5) is 5.26. The van der Waals surface area contributed by atoms with Gasteiger partial charge in [0.1, 0.15) is 6.17 Å². The molecule has 1 atom stereocenters. The van der Waals surface area contributed by atoms with Crippen molar-refractivity contribution in [2.75, 3.05) is 6.54 Å². The number of hydrogen-bond donors (Lipinski definition) is 0. The van der Waals surface area contributed by atoms with Crippen LogP contribution in [0.25, 0.3) is 0 Å². The highest BCUT2D eigenvalue weighted by molar-refractivity contribution is 5.16. The van der Waals surface area contributed by atoms with Crippen LogP contribution in [0.4, 0.5) is 0 Å². The Bertz CT molecular complexity index is 655. The molecule has 0 bridgehead atoms. The number of hydrogen-bond acceptors (Lipinski definition) is 2. The molecule has 0 saturated carbocycles. The molecule has 1 unspecified atom stereocenters. The highest BCUT2D eigenvalue weighted by atomic mass is 15.4. The van der Waals surface area contributed by atoms with Crippen molar-refractivity contribution >= 4 is 0 Å². The van der Waals surface area contributed by atoms with E-state index in [1.807, 2.05) is 0 Å². The molecule has 218 valence electrons. The van der Waals surface area contributed by atoms with Gasteiger partial charge in [-0.3, -0.25) is 0 Å². The van der Waals surface area contributed by atoms with E-state index in [0.29, 0.717) is 6.17 Å². The average Bonchev–Trinajstić information content (AvgIpc) is 3.31. The molecule has 0 spiro atoms. The van der Waals surface area contributed by atoms with E-state index in [1.165, 1.54) is 160 Å². The maximum absolute atomic E-state index is 2.66. The Balaban J connectivity index is 1.57. The molecule has 2 heteroatoms. The molecule has 1 aromatic rings. The Morgan fingerprint density at radius 3 is 1.39 bits per heavy atom. The van der Waals surface area contributed by atoms with Crippen LogP contribution in [0.3, 0.4) is 0 Å². The zero-order valence-corrected chi connectivity index (χ0v) is 25.7. The van der Waals surface area contributed by atoms with E-state index in [2.05, 4.69) is 66.4 Å². The average molecular weight is 525 g/mol. The van der Waals surface area contributed by atoms with Crippen LogP contribution >= 0.6 is 0 Å². The fraction of sp³-hybridized carbons (Fsp3) is 0.778. The van der Waals surface area contributed by atoms with Gasteiger partial charge in [-0.1, -0.05) is 173 Å². The molecule has 2 rings (SSSR count). The summed E-state index contributed by atoms with van der Waals surface area (Å²) in [6.45, 7) is 6.87. The summed E-state index contributed by atoms with van der Waals surface area (Å²) in [6, 6.07) is 11.0. The van der Waals surface area contributed by atoms with Crippen molar-refractivity contribution in [2.24, 2.45) is 0 Å². The zero-order valence-electron chi connectivity index (χ0n) is 25.7. The van der Waals surface area contributed by atoms with Gasteiger partial charge >= 0.3 is 0 Å². The lowest BCUT2D eigenvalue weighted by Crippen LogP contribution is -2.38. The van der Waals surface area contributed by atoms with E-state index < -0.39 is 0 Å². The van der Waals surface area contributed by atoms with E-state index in [-0.39, 0.29) is 0 Å². The number of nitrogens with zero attached hydrogens (tertiary/aromatic N) is 2. The van der Waals surface area contributed by atoms with Crippen molar-refractivity contribution in [1.82, 2.24) is 9.80 Å². The highest BCUT2D eigenvalue weighted by Gasteiger charge is 2.25. The normalized spacial score (nSPS) is 15.2. The van der Waals surface area contributed by atoms with Gasteiger partial charge in [0.15, 0.2) is 0 Å². The van der Waals surface area contributed by atoms with Gasteiger partial charge in [0.25, 0.3) is 0 Å². The van der Waals surface area contributed by atoms with E-state index in [0.717, 1.165) is 6.54 Å². The molecule has 1 aromatic carbocycles. The van der Waals surface area contributed by atoms with Crippen LogP contribution in [0.5, 0.6) is 0 Å². The van der Waals surface area contributed by atoms with Gasteiger partial charge in [-0.05, 0) is 24.8 Å². The summed E-state index contributed by atoms with van der Waals surface area (Å²) in [6.07, 6.45) is 37.9. The largest absolute Gasteiger partial charge is 0.356 e. The first-order chi connectivity index (χ1) is 18.8. The van der Waals surface area contributed by atoms with E-state index in [4.69, 9.17) is 0 Å². The van der Waals surface area contributed by atoms with Crippen molar-refractivity contribution < 1.29 is 0 Å². The molecule has 0 N–H and O–H groups in total. The van der Waals surface area contributed by atoms with E-state index in [1.54, 1.807) is 0 Å². The predicted molar refractivity (Wildman–Crippen MR) is 169 cm³/mol. The summed E-state index contributed by atoms with van der Waals surface area (Å²) in [5.74, 6) is 0. The van der Waals surface area contributed by atoms with Gasteiger partial charge in [-0.2, -0.15) is 0 Å². The lowest BCUT2D eigenvalue weighted by molar-refractivity contribution is 0.132. The first-order valence-corrected chi connectivity index (χ1v) is 17.1. The first kappa shape index (κ1) is 32.8. The number of rotatable bonds is 26. The summed E-state index contributed by atoms with van der Waals surface area (Å²) in [7, 11) is 0. The van der Waals surface area contributed by atoms with Gasteiger partial charge in [0, 0.05) is 25.5 Å². The number of benzene rings is 1. The molecule has 1 heterocycles. The molecule has 2 nitrogen and oxygen atoms in total. The molecule has 1 aliphatic heterocycles. The van der Waals surface area contributed by atoms with Gasteiger partial charge < -0.3 is 9.80 Å². The van der Waals surface area contributed by atoms with Crippen LogP contribution in [0.1, 0.15) is 167 Å². The quantitative estimate of drug-likeness (QED) is 0.111. The van der Waals surface area contributed by atoms with Crippen molar-refractivity contribution in [1.29, 1.82) is 0 Å². The summed E-state index contributed by atoms with van der Waals surface area (Å²) in [5.41, 5.74) is 1.43. The fourth-order valence-electron chi connectivity index (χ4n) is 6.02. The Labute approximate surface area is 238 Å². The monoisotopic (exact) mass is 525 g/mol. The fourth-order valence-corrected chi connectivity index (χ4v) is 6.02. The van der Waals surface area contributed by atoms with Crippen molar-refractivity contribution in [3.63, 3.8) is 0 Å². The third-order valence-electron chi connectivity index (χ3n) is 8.51. The Kier molecular flexibility index (Phi) is 20.2. The standard InChI is InChI=1S/C36H64N2/c1-3-5-7-9-11-13-14-15-16-17-18-20-22-27-31-37-32-33-38(34-35-28-24-23-25-29-35)36(37)30-26-21-19-12-10-8-6-4-2/h23-25,28-29,32-33,36H,3-22,26-27,30-31,34H2,1-2H3. The molecule has 0 radical (unpaired) electrons. The second kappa shape index (κ2) is 23.4. The minimum atomic E-state index is 0.553.